The molecule has 3 atom stereocenters. The molecule has 0 heterocycles. The van der Waals surface area contributed by atoms with Crippen molar-refractivity contribution < 1.29 is 36.8 Å². The van der Waals surface area contributed by atoms with Crippen molar-refractivity contribution in [1.29, 1.82) is 0 Å². The molecule has 0 saturated carbocycles. The summed E-state index contributed by atoms with van der Waals surface area (Å²) in [6, 6.07) is 10.8. The SMILES string of the molecule is COC(=O)[C@H](CC[S@](=O)c1ccccc1)NC(=O)[C@@H](O)c1ccc(C(F)(F)F)cc1. The summed E-state index contributed by atoms with van der Waals surface area (Å²) in [5.41, 5.74) is -0.994. The fourth-order valence-electron chi connectivity index (χ4n) is 2.56. The summed E-state index contributed by atoms with van der Waals surface area (Å²) in [5, 5.41) is 12.4. The van der Waals surface area contributed by atoms with Crippen LogP contribution in [0, 0.1) is 0 Å². The van der Waals surface area contributed by atoms with Crippen LogP contribution >= 0.6 is 0 Å². The zero-order chi connectivity index (χ0) is 22.3. The van der Waals surface area contributed by atoms with E-state index in [1.165, 1.54) is 0 Å². The Morgan fingerprint density at radius 1 is 1.10 bits per heavy atom. The third-order valence-corrected chi connectivity index (χ3v) is 5.61. The molecule has 0 unspecified atom stereocenters. The molecule has 2 aromatic carbocycles. The normalized spacial score (nSPS) is 14.4. The van der Waals surface area contributed by atoms with Gasteiger partial charge in [-0.3, -0.25) is 9.00 Å². The Bertz CT molecular complexity index is 888. The van der Waals surface area contributed by atoms with Crippen LogP contribution in [0.1, 0.15) is 23.7 Å². The van der Waals surface area contributed by atoms with E-state index < -0.39 is 46.6 Å². The van der Waals surface area contributed by atoms with Crippen LogP contribution in [-0.4, -0.2) is 40.1 Å². The number of carbonyl (C=O) groups is 2. The number of ether oxygens (including phenoxy) is 1. The fraction of sp³-hybridized carbons (Fsp3) is 0.300. The lowest BCUT2D eigenvalue weighted by Crippen LogP contribution is -2.44. The van der Waals surface area contributed by atoms with Gasteiger partial charge in [-0.2, -0.15) is 13.2 Å². The predicted molar refractivity (Wildman–Crippen MR) is 103 cm³/mol. The minimum atomic E-state index is -4.55. The van der Waals surface area contributed by atoms with Gasteiger partial charge in [-0.05, 0) is 36.2 Å². The summed E-state index contributed by atoms with van der Waals surface area (Å²) in [6.45, 7) is 0. The van der Waals surface area contributed by atoms with E-state index in [-0.39, 0.29) is 17.7 Å². The summed E-state index contributed by atoms with van der Waals surface area (Å²) < 4.78 is 54.9. The van der Waals surface area contributed by atoms with Crippen molar-refractivity contribution >= 4 is 22.7 Å². The van der Waals surface area contributed by atoms with Gasteiger partial charge < -0.3 is 15.2 Å². The summed E-state index contributed by atoms with van der Waals surface area (Å²) in [5.74, 6) is -1.75. The highest BCUT2D eigenvalue weighted by atomic mass is 32.2. The van der Waals surface area contributed by atoms with E-state index in [0.29, 0.717) is 4.90 Å². The molecule has 0 spiro atoms. The number of carbonyl (C=O) groups excluding carboxylic acids is 2. The number of nitrogens with one attached hydrogen (secondary N) is 1. The summed E-state index contributed by atoms with van der Waals surface area (Å²) in [4.78, 5) is 24.8. The summed E-state index contributed by atoms with van der Waals surface area (Å²) in [6.07, 6.45) is -6.37. The third kappa shape index (κ3) is 6.39. The maximum atomic E-state index is 12.6. The number of esters is 1. The zero-order valence-corrected chi connectivity index (χ0v) is 16.7. The fourth-order valence-corrected chi connectivity index (χ4v) is 3.71. The van der Waals surface area contributed by atoms with Gasteiger partial charge in [0.2, 0.25) is 0 Å². The van der Waals surface area contributed by atoms with Gasteiger partial charge in [0, 0.05) is 10.6 Å². The van der Waals surface area contributed by atoms with E-state index in [2.05, 4.69) is 10.1 Å². The lowest BCUT2D eigenvalue weighted by Gasteiger charge is -2.19. The molecular weight excluding hydrogens is 423 g/mol. The molecule has 0 radical (unpaired) electrons. The van der Waals surface area contributed by atoms with Crippen molar-refractivity contribution in [3.8, 4) is 0 Å². The lowest BCUT2D eigenvalue weighted by molar-refractivity contribution is -0.146. The van der Waals surface area contributed by atoms with Crippen LogP contribution in [0.3, 0.4) is 0 Å². The van der Waals surface area contributed by atoms with Crippen molar-refractivity contribution in [3.63, 3.8) is 0 Å². The first-order valence-corrected chi connectivity index (χ1v) is 10.1. The van der Waals surface area contributed by atoms with Crippen LogP contribution in [0.25, 0.3) is 0 Å². The predicted octanol–water partition coefficient (Wildman–Crippen LogP) is 2.59. The number of amides is 1. The number of hydrogen-bond donors (Lipinski definition) is 2. The Hall–Kier alpha value is -2.72. The number of aliphatic hydroxyl groups is 1. The molecule has 2 rings (SSSR count). The van der Waals surface area contributed by atoms with Crippen LogP contribution in [0.5, 0.6) is 0 Å². The Kier molecular flexibility index (Phi) is 8.13. The molecular formula is C20H20F3NO5S. The minimum Gasteiger partial charge on any atom is -0.467 e. The Morgan fingerprint density at radius 3 is 2.23 bits per heavy atom. The molecule has 0 saturated heterocycles. The number of halogens is 3. The first-order chi connectivity index (χ1) is 14.1. The number of benzene rings is 2. The van der Waals surface area contributed by atoms with Crippen molar-refractivity contribution in [2.75, 3.05) is 12.9 Å². The van der Waals surface area contributed by atoms with E-state index in [1.807, 2.05) is 0 Å². The molecule has 6 nitrogen and oxygen atoms in total. The van der Waals surface area contributed by atoms with Crippen molar-refractivity contribution in [3.05, 3.63) is 65.7 Å². The first kappa shape index (κ1) is 23.6. The van der Waals surface area contributed by atoms with Crippen molar-refractivity contribution in [2.24, 2.45) is 0 Å². The van der Waals surface area contributed by atoms with Gasteiger partial charge in [0.15, 0.2) is 6.10 Å². The second kappa shape index (κ2) is 10.4. The minimum absolute atomic E-state index is 0.0281. The number of alkyl halides is 3. The molecule has 10 heteroatoms. The van der Waals surface area contributed by atoms with E-state index >= 15 is 0 Å². The van der Waals surface area contributed by atoms with E-state index in [1.54, 1.807) is 30.3 Å². The van der Waals surface area contributed by atoms with Crippen molar-refractivity contribution in [2.45, 2.75) is 29.6 Å². The molecule has 2 N–H and O–H groups in total. The summed E-state index contributed by atoms with van der Waals surface area (Å²) in [7, 11) is -0.310. The van der Waals surface area contributed by atoms with Gasteiger partial charge in [0.25, 0.3) is 5.91 Å². The van der Waals surface area contributed by atoms with Crippen LogP contribution < -0.4 is 5.32 Å². The van der Waals surface area contributed by atoms with Gasteiger partial charge in [0.05, 0.1) is 23.5 Å². The smallest absolute Gasteiger partial charge is 0.416 e. The van der Waals surface area contributed by atoms with Gasteiger partial charge in [-0.1, -0.05) is 30.3 Å². The molecule has 162 valence electrons. The third-order valence-electron chi connectivity index (χ3n) is 4.20. The largest absolute Gasteiger partial charge is 0.467 e. The lowest BCUT2D eigenvalue weighted by atomic mass is 10.1. The van der Waals surface area contributed by atoms with E-state index in [0.717, 1.165) is 31.4 Å². The van der Waals surface area contributed by atoms with E-state index in [9.17, 15) is 32.1 Å². The molecule has 30 heavy (non-hydrogen) atoms. The van der Waals surface area contributed by atoms with E-state index in [4.69, 9.17) is 0 Å². The molecule has 0 aliphatic rings. The molecule has 1 amide bonds. The molecule has 2 aromatic rings. The van der Waals surface area contributed by atoms with Gasteiger partial charge >= 0.3 is 12.1 Å². The monoisotopic (exact) mass is 443 g/mol. The molecule has 0 aromatic heterocycles. The highest BCUT2D eigenvalue weighted by molar-refractivity contribution is 7.85. The van der Waals surface area contributed by atoms with Crippen LogP contribution in [-0.2, 0) is 31.3 Å². The van der Waals surface area contributed by atoms with Crippen LogP contribution in [0.2, 0.25) is 0 Å². The zero-order valence-electron chi connectivity index (χ0n) is 15.9. The van der Waals surface area contributed by atoms with Crippen LogP contribution in [0.15, 0.2) is 59.5 Å². The van der Waals surface area contributed by atoms with Crippen LogP contribution in [0.4, 0.5) is 13.2 Å². The molecule has 0 aliphatic heterocycles. The second-order valence-electron chi connectivity index (χ2n) is 6.26. The molecule has 0 fully saturated rings. The Labute approximate surface area is 173 Å². The second-order valence-corrected chi connectivity index (χ2v) is 7.83. The molecule has 0 bridgehead atoms. The maximum Gasteiger partial charge on any atom is 0.416 e. The average molecular weight is 443 g/mol. The maximum absolute atomic E-state index is 12.6. The number of aliphatic hydroxyl groups excluding tert-OH is 1. The van der Waals surface area contributed by atoms with Gasteiger partial charge in [-0.15, -0.1) is 0 Å². The Morgan fingerprint density at radius 2 is 1.70 bits per heavy atom. The number of rotatable bonds is 8. The van der Waals surface area contributed by atoms with Gasteiger partial charge in [0.1, 0.15) is 6.04 Å². The summed E-state index contributed by atoms with van der Waals surface area (Å²) >= 11 is 0. The van der Waals surface area contributed by atoms with Gasteiger partial charge in [-0.25, -0.2) is 4.79 Å². The quantitative estimate of drug-likeness (QED) is 0.612. The highest BCUT2D eigenvalue weighted by Crippen LogP contribution is 2.30. The topological polar surface area (TPSA) is 92.7 Å². The number of methoxy groups -OCH3 is 1. The Balaban J connectivity index is 2.03. The average Bonchev–Trinajstić information content (AvgIpc) is 2.75. The standard InChI is InChI=1S/C20H20F3NO5S/c1-29-19(27)16(11-12-30(28)15-5-3-2-4-6-15)24-18(26)17(25)13-7-9-14(10-8-13)20(21,22)23/h2-10,16-17,25H,11-12H2,1H3,(H,24,26)/t16-,17-,30-/m0/s1. The molecule has 0 aliphatic carbocycles. The highest BCUT2D eigenvalue weighted by Gasteiger charge is 2.31. The number of hydrogen-bond acceptors (Lipinski definition) is 5. The van der Waals surface area contributed by atoms with Crippen molar-refractivity contribution in [1.82, 2.24) is 5.32 Å². The first-order valence-electron chi connectivity index (χ1n) is 8.80.